The average Bonchev–Trinajstić information content (AvgIpc) is 2.87. The fraction of sp³-hybridized carbons (Fsp3) is 0.222. The van der Waals surface area contributed by atoms with Gasteiger partial charge in [-0.15, -0.1) is 0 Å². The van der Waals surface area contributed by atoms with Crippen LogP contribution in [0.4, 0.5) is 0 Å². The first-order valence-electron chi connectivity index (χ1n) is 11.0. The fourth-order valence-electron chi connectivity index (χ4n) is 3.34. The molecule has 0 fully saturated rings. The number of nitrogens with zero attached hydrogens (tertiary/aromatic N) is 1. The normalized spacial score (nSPS) is 10.6. The van der Waals surface area contributed by atoms with Gasteiger partial charge in [-0.3, -0.25) is 4.79 Å². The molecule has 0 radical (unpaired) electrons. The number of esters is 1. The lowest BCUT2D eigenvalue weighted by Gasteiger charge is -2.13. The van der Waals surface area contributed by atoms with Gasteiger partial charge in [-0.05, 0) is 55.3 Å². The standard InChI is InChI=1S/C27H28N2O7/c1-17-9-10-22(18(2)11-17)35-16-25(30)29-28-15-19-7-6-8-21(12-19)36-27(31)20-13-23(32-3)26(34-5)24(14-20)33-4/h6-15H,16H2,1-5H3,(H,29,30)/b28-15-. The maximum atomic E-state index is 12.7. The van der Waals surface area contributed by atoms with Crippen LogP contribution in [0.15, 0.2) is 59.7 Å². The van der Waals surface area contributed by atoms with Crippen molar-refractivity contribution in [1.29, 1.82) is 0 Å². The molecule has 0 heterocycles. The van der Waals surface area contributed by atoms with Gasteiger partial charge in [-0.25, -0.2) is 10.2 Å². The number of hydrogen-bond donors (Lipinski definition) is 1. The van der Waals surface area contributed by atoms with Crippen molar-refractivity contribution < 1.29 is 33.3 Å². The van der Waals surface area contributed by atoms with E-state index in [1.165, 1.54) is 39.7 Å². The number of ether oxygens (including phenoxy) is 5. The van der Waals surface area contributed by atoms with Gasteiger partial charge in [0.1, 0.15) is 11.5 Å². The van der Waals surface area contributed by atoms with E-state index < -0.39 is 11.9 Å². The number of carbonyl (C=O) groups is 2. The summed E-state index contributed by atoms with van der Waals surface area (Å²) in [4.78, 5) is 24.8. The zero-order chi connectivity index (χ0) is 26.1. The summed E-state index contributed by atoms with van der Waals surface area (Å²) >= 11 is 0. The molecule has 0 saturated carbocycles. The third kappa shape index (κ3) is 6.75. The Balaban J connectivity index is 1.60. The summed E-state index contributed by atoms with van der Waals surface area (Å²) in [6.07, 6.45) is 1.44. The van der Waals surface area contributed by atoms with Gasteiger partial charge >= 0.3 is 5.97 Å². The van der Waals surface area contributed by atoms with Crippen molar-refractivity contribution >= 4 is 18.1 Å². The predicted octanol–water partition coefficient (Wildman–Crippen LogP) is 4.08. The SMILES string of the molecule is COc1cc(C(=O)Oc2cccc(/C=N\NC(=O)COc3ccc(C)cc3C)c2)cc(OC)c1OC. The molecule has 9 heteroatoms. The fourth-order valence-corrected chi connectivity index (χ4v) is 3.34. The van der Waals surface area contributed by atoms with Crippen molar-refractivity contribution in [1.82, 2.24) is 5.43 Å². The number of hydrogen-bond acceptors (Lipinski definition) is 8. The van der Waals surface area contributed by atoms with E-state index in [-0.39, 0.29) is 12.2 Å². The lowest BCUT2D eigenvalue weighted by molar-refractivity contribution is -0.123. The molecule has 188 valence electrons. The first kappa shape index (κ1) is 26.1. The van der Waals surface area contributed by atoms with Crippen molar-refractivity contribution in [3.8, 4) is 28.7 Å². The maximum absolute atomic E-state index is 12.7. The Morgan fingerprint density at radius 3 is 2.25 bits per heavy atom. The Kier molecular flexibility index (Phi) is 8.88. The molecule has 0 aliphatic rings. The van der Waals surface area contributed by atoms with Crippen LogP contribution < -0.4 is 29.1 Å². The molecule has 0 atom stereocenters. The molecule has 0 aliphatic carbocycles. The first-order valence-corrected chi connectivity index (χ1v) is 11.0. The zero-order valence-corrected chi connectivity index (χ0v) is 20.8. The summed E-state index contributed by atoms with van der Waals surface area (Å²) in [6, 6.07) is 15.4. The molecule has 9 nitrogen and oxygen atoms in total. The van der Waals surface area contributed by atoms with Gasteiger partial charge in [0.2, 0.25) is 5.75 Å². The smallest absolute Gasteiger partial charge is 0.343 e. The largest absolute Gasteiger partial charge is 0.493 e. The number of amides is 1. The van der Waals surface area contributed by atoms with E-state index >= 15 is 0 Å². The number of nitrogens with one attached hydrogen (secondary N) is 1. The first-order chi connectivity index (χ1) is 17.3. The predicted molar refractivity (Wildman–Crippen MR) is 135 cm³/mol. The molecule has 0 bridgehead atoms. The van der Waals surface area contributed by atoms with Crippen LogP contribution in [-0.2, 0) is 4.79 Å². The lowest BCUT2D eigenvalue weighted by Crippen LogP contribution is -2.24. The summed E-state index contributed by atoms with van der Waals surface area (Å²) < 4.78 is 26.9. The zero-order valence-electron chi connectivity index (χ0n) is 20.8. The van der Waals surface area contributed by atoms with Crippen LogP contribution in [0.2, 0.25) is 0 Å². The van der Waals surface area contributed by atoms with Crippen molar-refractivity contribution in [3.05, 3.63) is 76.9 Å². The summed E-state index contributed by atoms with van der Waals surface area (Å²) in [5, 5.41) is 3.94. The topological polar surface area (TPSA) is 105 Å². The summed E-state index contributed by atoms with van der Waals surface area (Å²) in [5.41, 5.74) is 5.31. The van der Waals surface area contributed by atoms with E-state index in [1.54, 1.807) is 24.3 Å². The second-order valence-electron chi connectivity index (χ2n) is 7.73. The van der Waals surface area contributed by atoms with Crippen LogP contribution >= 0.6 is 0 Å². The maximum Gasteiger partial charge on any atom is 0.343 e. The van der Waals surface area contributed by atoms with Gasteiger partial charge in [0.25, 0.3) is 5.91 Å². The van der Waals surface area contributed by atoms with Gasteiger partial charge < -0.3 is 23.7 Å². The molecule has 0 aliphatic heterocycles. The Bertz CT molecular complexity index is 1250. The van der Waals surface area contributed by atoms with Crippen molar-refractivity contribution in [2.45, 2.75) is 13.8 Å². The number of benzene rings is 3. The van der Waals surface area contributed by atoms with Crippen LogP contribution in [0.25, 0.3) is 0 Å². The molecule has 0 saturated heterocycles. The van der Waals surface area contributed by atoms with Gasteiger partial charge in [0, 0.05) is 0 Å². The number of methoxy groups -OCH3 is 3. The Morgan fingerprint density at radius 1 is 0.889 bits per heavy atom. The molecule has 0 aromatic heterocycles. The van der Waals surface area contributed by atoms with Crippen LogP contribution in [0.3, 0.4) is 0 Å². The van der Waals surface area contributed by atoms with Crippen LogP contribution in [0, 0.1) is 13.8 Å². The third-order valence-corrected chi connectivity index (χ3v) is 5.06. The molecule has 36 heavy (non-hydrogen) atoms. The Labute approximate surface area is 209 Å². The van der Waals surface area contributed by atoms with E-state index in [4.69, 9.17) is 23.7 Å². The minimum atomic E-state index is -0.611. The molecule has 1 N–H and O–H groups in total. The number of carbonyl (C=O) groups excluding carboxylic acids is 2. The molecule has 3 rings (SSSR count). The Morgan fingerprint density at radius 2 is 1.61 bits per heavy atom. The van der Waals surface area contributed by atoms with Gasteiger partial charge in [0.05, 0.1) is 33.1 Å². The van der Waals surface area contributed by atoms with Crippen LogP contribution in [-0.4, -0.2) is 46.0 Å². The minimum Gasteiger partial charge on any atom is -0.493 e. The van der Waals surface area contributed by atoms with E-state index in [0.717, 1.165) is 11.1 Å². The second kappa shape index (κ2) is 12.3. The lowest BCUT2D eigenvalue weighted by atomic mass is 10.1. The molecule has 3 aromatic carbocycles. The highest BCUT2D eigenvalue weighted by atomic mass is 16.5. The highest BCUT2D eigenvalue weighted by molar-refractivity contribution is 5.93. The number of hydrazone groups is 1. The molecule has 1 amide bonds. The van der Waals surface area contributed by atoms with Gasteiger partial charge in [-0.1, -0.05) is 29.8 Å². The van der Waals surface area contributed by atoms with E-state index in [2.05, 4.69) is 10.5 Å². The van der Waals surface area contributed by atoms with Crippen molar-refractivity contribution in [2.24, 2.45) is 5.10 Å². The van der Waals surface area contributed by atoms with E-state index in [0.29, 0.717) is 34.3 Å². The molecular weight excluding hydrogens is 464 g/mol. The molecule has 3 aromatic rings. The Hall–Kier alpha value is -4.53. The van der Waals surface area contributed by atoms with Crippen LogP contribution in [0.1, 0.15) is 27.0 Å². The quantitative estimate of drug-likeness (QED) is 0.197. The van der Waals surface area contributed by atoms with Crippen molar-refractivity contribution in [2.75, 3.05) is 27.9 Å². The molecule has 0 spiro atoms. The number of rotatable bonds is 10. The summed E-state index contributed by atoms with van der Waals surface area (Å²) in [6.45, 7) is 3.73. The van der Waals surface area contributed by atoms with Crippen LogP contribution in [0.5, 0.6) is 28.7 Å². The van der Waals surface area contributed by atoms with E-state index in [1.807, 2.05) is 32.0 Å². The van der Waals surface area contributed by atoms with E-state index in [9.17, 15) is 9.59 Å². The summed E-state index contributed by atoms with van der Waals surface area (Å²) in [7, 11) is 4.40. The average molecular weight is 493 g/mol. The molecular formula is C27H28N2O7. The molecule has 0 unspecified atom stereocenters. The minimum absolute atomic E-state index is 0.173. The number of aryl methyl sites for hydroxylation is 2. The van der Waals surface area contributed by atoms with Gasteiger partial charge in [0.15, 0.2) is 18.1 Å². The summed E-state index contributed by atoms with van der Waals surface area (Å²) in [5.74, 6) is 0.958. The highest BCUT2D eigenvalue weighted by Gasteiger charge is 2.18. The van der Waals surface area contributed by atoms with Gasteiger partial charge in [-0.2, -0.15) is 5.10 Å². The monoisotopic (exact) mass is 492 g/mol. The third-order valence-electron chi connectivity index (χ3n) is 5.06. The highest BCUT2D eigenvalue weighted by Crippen LogP contribution is 2.38. The second-order valence-corrected chi connectivity index (χ2v) is 7.73. The van der Waals surface area contributed by atoms with Crippen molar-refractivity contribution in [3.63, 3.8) is 0 Å².